The topological polar surface area (TPSA) is 58.1 Å². The van der Waals surface area contributed by atoms with Crippen molar-refractivity contribution in [2.75, 3.05) is 52.5 Å². The largest absolute Gasteiger partial charge is 0.379 e. The number of ether oxygens (including phenoxy) is 2. The third-order valence-corrected chi connectivity index (χ3v) is 5.24. The van der Waals surface area contributed by atoms with E-state index >= 15 is 0 Å². The molecule has 3 rings (SSSR count). The lowest BCUT2D eigenvalue weighted by atomic mass is 10.0. The number of rotatable bonds is 7. The normalized spacial score (nSPS) is 22.6. The van der Waals surface area contributed by atoms with Crippen molar-refractivity contribution in [1.82, 2.24) is 15.5 Å². The van der Waals surface area contributed by atoms with Crippen LogP contribution < -0.4 is 10.6 Å². The molecule has 2 N–H and O–H groups in total. The van der Waals surface area contributed by atoms with Crippen LogP contribution in [0.2, 0.25) is 0 Å². The third kappa shape index (κ3) is 6.19. The molecule has 6 nitrogen and oxygen atoms in total. The first kappa shape index (κ1) is 20.1. The van der Waals surface area contributed by atoms with E-state index < -0.39 is 0 Å². The summed E-state index contributed by atoms with van der Waals surface area (Å²) in [4.78, 5) is 7.39. The zero-order chi connectivity index (χ0) is 18.9. The van der Waals surface area contributed by atoms with Crippen LogP contribution in [0.15, 0.2) is 29.3 Å². The minimum atomic E-state index is 0.271. The number of hydrogen-bond donors (Lipinski definition) is 2. The molecule has 1 aromatic carbocycles. The molecule has 2 saturated heterocycles. The van der Waals surface area contributed by atoms with E-state index in [0.29, 0.717) is 6.10 Å². The van der Waals surface area contributed by atoms with Crippen molar-refractivity contribution in [2.45, 2.75) is 38.8 Å². The van der Waals surface area contributed by atoms with Gasteiger partial charge >= 0.3 is 0 Å². The summed E-state index contributed by atoms with van der Waals surface area (Å²) in [7, 11) is 0. The van der Waals surface area contributed by atoms with E-state index in [1.165, 1.54) is 11.1 Å². The predicted molar refractivity (Wildman–Crippen MR) is 109 cm³/mol. The SMILES string of the molecule is CCNC(=NCC(c1ccc(C)cc1)N1CCOCC1)NCC1CCCO1. The maximum Gasteiger partial charge on any atom is 0.191 e. The van der Waals surface area contributed by atoms with E-state index in [1.807, 2.05) is 0 Å². The first-order valence-corrected chi connectivity index (χ1v) is 10.3. The van der Waals surface area contributed by atoms with Crippen LogP contribution >= 0.6 is 0 Å². The number of aryl methyl sites for hydroxylation is 1. The van der Waals surface area contributed by atoms with Crippen LogP contribution in [0.5, 0.6) is 0 Å². The number of guanidine groups is 1. The minimum Gasteiger partial charge on any atom is -0.379 e. The van der Waals surface area contributed by atoms with Gasteiger partial charge in [0.05, 0.1) is 31.9 Å². The van der Waals surface area contributed by atoms with Gasteiger partial charge in [-0.25, -0.2) is 0 Å². The van der Waals surface area contributed by atoms with Crippen LogP contribution in [0.4, 0.5) is 0 Å². The zero-order valence-electron chi connectivity index (χ0n) is 16.7. The molecular weight excluding hydrogens is 340 g/mol. The Morgan fingerprint density at radius 2 is 1.96 bits per heavy atom. The van der Waals surface area contributed by atoms with Crippen LogP contribution in [0, 0.1) is 6.92 Å². The van der Waals surface area contributed by atoms with Gasteiger partial charge in [0.2, 0.25) is 0 Å². The monoisotopic (exact) mass is 374 g/mol. The molecule has 150 valence electrons. The van der Waals surface area contributed by atoms with Gasteiger partial charge in [0.25, 0.3) is 0 Å². The fraction of sp³-hybridized carbons (Fsp3) is 0.667. The second-order valence-corrected chi connectivity index (χ2v) is 7.31. The highest BCUT2D eigenvalue weighted by Crippen LogP contribution is 2.23. The standard InChI is InChI=1S/C21H34N4O2/c1-3-22-21(23-15-19-5-4-12-27-19)24-16-20(25-10-13-26-14-11-25)18-8-6-17(2)7-9-18/h6-9,19-20H,3-5,10-16H2,1-2H3,(H2,22,23,24). The van der Waals surface area contributed by atoms with Gasteiger partial charge < -0.3 is 20.1 Å². The van der Waals surface area contributed by atoms with Gasteiger partial charge in [-0.3, -0.25) is 9.89 Å². The van der Waals surface area contributed by atoms with E-state index in [1.54, 1.807) is 0 Å². The predicted octanol–water partition coefficient (Wildman–Crippen LogP) is 2.10. The van der Waals surface area contributed by atoms with Gasteiger partial charge in [0, 0.05) is 32.8 Å². The summed E-state index contributed by atoms with van der Waals surface area (Å²) in [6.07, 6.45) is 2.60. The molecule has 1 aromatic rings. The molecule has 6 heteroatoms. The Morgan fingerprint density at radius 3 is 2.63 bits per heavy atom. The molecule has 0 saturated carbocycles. The van der Waals surface area contributed by atoms with E-state index in [0.717, 1.165) is 71.3 Å². The minimum absolute atomic E-state index is 0.271. The number of morpholine rings is 1. The van der Waals surface area contributed by atoms with Crippen LogP contribution in [0.25, 0.3) is 0 Å². The molecule has 0 bridgehead atoms. The molecule has 0 amide bonds. The van der Waals surface area contributed by atoms with Crippen LogP contribution in [-0.4, -0.2) is 69.5 Å². The van der Waals surface area contributed by atoms with E-state index in [4.69, 9.17) is 14.5 Å². The molecule has 0 radical (unpaired) electrons. The first-order valence-electron chi connectivity index (χ1n) is 10.3. The lowest BCUT2D eigenvalue weighted by Gasteiger charge is -2.34. The Morgan fingerprint density at radius 1 is 1.19 bits per heavy atom. The molecule has 2 heterocycles. The number of nitrogens with one attached hydrogen (secondary N) is 2. The molecule has 2 atom stereocenters. The summed E-state index contributed by atoms with van der Waals surface area (Å²) in [5, 5.41) is 6.82. The van der Waals surface area contributed by atoms with Crippen molar-refractivity contribution in [3.63, 3.8) is 0 Å². The second-order valence-electron chi connectivity index (χ2n) is 7.31. The number of benzene rings is 1. The Kier molecular flexibility index (Phi) is 7.93. The van der Waals surface area contributed by atoms with Crippen molar-refractivity contribution in [3.05, 3.63) is 35.4 Å². The summed E-state index contributed by atoms with van der Waals surface area (Å²) in [6, 6.07) is 9.11. The van der Waals surface area contributed by atoms with Gasteiger partial charge in [-0.1, -0.05) is 29.8 Å². The zero-order valence-corrected chi connectivity index (χ0v) is 16.7. The lowest BCUT2D eigenvalue weighted by Crippen LogP contribution is -2.43. The third-order valence-electron chi connectivity index (χ3n) is 5.24. The van der Waals surface area contributed by atoms with Crippen LogP contribution in [-0.2, 0) is 9.47 Å². The first-order chi connectivity index (χ1) is 13.3. The van der Waals surface area contributed by atoms with E-state index in [2.05, 4.69) is 53.6 Å². The van der Waals surface area contributed by atoms with Crippen molar-refractivity contribution in [3.8, 4) is 0 Å². The molecule has 27 heavy (non-hydrogen) atoms. The quantitative estimate of drug-likeness (QED) is 0.565. The molecule has 2 unspecified atom stereocenters. The lowest BCUT2D eigenvalue weighted by molar-refractivity contribution is 0.0179. The Labute approximate surface area is 163 Å². The number of nitrogens with zero attached hydrogens (tertiary/aromatic N) is 2. The molecule has 0 aromatic heterocycles. The maximum atomic E-state index is 5.72. The molecule has 2 fully saturated rings. The van der Waals surface area contributed by atoms with Gasteiger partial charge in [-0.05, 0) is 32.3 Å². The van der Waals surface area contributed by atoms with Crippen LogP contribution in [0.3, 0.4) is 0 Å². The number of aliphatic imine (C=N–C) groups is 1. The summed E-state index contributed by atoms with van der Waals surface area (Å²) in [5.41, 5.74) is 2.61. The highest BCUT2D eigenvalue weighted by atomic mass is 16.5. The average molecular weight is 375 g/mol. The molecule has 0 spiro atoms. The molecule has 0 aliphatic carbocycles. The Bertz CT molecular complexity index is 578. The van der Waals surface area contributed by atoms with Gasteiger partial charge in [0.15, 0.2) is 5.96 Å². The van der Waals surface area contributed by atoms with Crippen LogP contribution in [0.1, 0.15) is 36.9 Å². The van der Waals surface area contributed by atoms with Gasteiger partial charge in [-0.15, -0.1) is 0 Å². The van der Waals surface area contributed by atoms with Crippen molar-refractivity contribution in [1.29, 1.82) is 0 Å². The molecular formula is C21H34N4O2. The summed E-state index contributed by atoms with van der Waals surface area (Å²) >= 11 is 0. The Balaban J connectivity index is 1.67. The highest BCUT2D eigenvalue weighted by molar-refractivity contribution is 5.79. The summed E-state index contributed by atoms with van der Waals surface area (Å²) < 4.78 is 11.3. The second kappa shape index (κ2) is 10.6. The van der Waals surface area contributed by atoms with Gasteiger partial charge in [0.1, 0.15) is 0 Å². The van der Waals surface area contributed by atoms with E-state index in [-0.39, 0.29) is 6.04 Å². The smallest absolute Gasteiger partial charge is 0.191 e. The highest BCUT2D eigenvalue weighted by Gasteiger charge is 2.23. The fourth-order valence-corrected chi connectivity index (χ4v) is 3.64. The summed E-state index contributed by atoms with van der Waals surface area (Å²) in [5.74, 6) is 0.873. The maximum absolute atomic E-state index is 5.72. The van der Waals surface area contributed by atoms with Crippen molar-refractivity contribution in [2.24, 2.45) is 4.99 Å². The number of hydrogen-bond acceptors (Lipinski definition) is 4. The van der Waals surface area contributed by atoms with E-state index in [9.17, 15) is 0 Å². The Hall–Kier alpha value is -1.63. The molecule has 2 aliphatic heterocycles. The summed E-state index contributed by atoms with van der Waals surface area (Å²) in [6.45, 7) is 11.0. The molecule has 2 aliphatic rings. The fourth-order valence-electron chi connectivity index (χ4n) is 3.64. The van der Waals surface area contributed by atoms with Crippen molar-refractivity contribution >= 4 is 5.96 Å². The van der Waals surface area contributed by atoms with Crippen molar-refractivity contribution < 1.29 is 9.47 Å². The van der Waals surface area contributed by atoms with Gasteiger partial charge in [-0.2, -0.15) is 0 Å². The average Bonchev–Trinajstić information content (AvgIpc) is 3.22.